The molecule has 1 aliphatic rings. The first kappa shape index (κ1) is 22.2. The van der Waals surface area contributed by atoms with E-state index < -0.39 is 15.8 Å². The van der Waals surface area contributed by atoms with Gasteiger partial charge in [-0.05, 0) is 63.1 Å². The minimum atomic E-state index is -4.01. The zero-order valence-corrected chi connectivity index (χ0v) is 17.9. The Labute approximate surface area is 177 Å². The first-order valence-electron chi connectivity index (χ1n) is 10.3. The van der Waals surface area contributed by atoms with Gasteiger partial charge in [-0.1, -0.05) is 24.6 Å². The first-order valence-corrected chi connectivity index (χ1v) is 11.7. The zero-order valence-electron chi connectivity index (χ0n) is 17.1. The van der Waals surface area contributed by atoms with Crippen LogP contribution in [-0.4, -0.2) is 44.9 Å². The molecule has 3 rings (SSSR count). The van der Waals surface area contributed by atoms with Gasteiger partial charge in [-0.2, -0.15) is 0 Å². The first-order chi connectivity index (χ1) is 14.4. The van der Waals surface area contributed by atoms with E-state index >= 15 is 0 Å². The summed E-state index contributed by atoms with van der Waals surface area (Å²) in [6.07, 6.45) is 4.55. The Balaban J connectivity index is 1.57. The predicted molar refractivity (Wildman–Crippen MR) is 115 cm³/mol. The molecular formula is C22H28FN3O3S. The summed E-state index contributed by atoms with van der Waals surface area (Å²) >= 11 is 0. The maximum absolute atomic E-state index is 13.8. The Morgan fingerprint density at radius 3 is 2.73 bits per heavy atom. The average Bonchev–Trinajstić information content (AvgIpc) is 2.74. The third kappa shape index (κ3) is 5.79. The van der Waals surface area contributed by atoms with Crippen molar-refractivity contribution < 1.29 is 17.6 Å². The number of para-hydroxylation sites is 1. The lowest BCUT2D eigenvalue weighted by atomic mass is 10.0. The van der Waals surface area contributed by atoms with Gasteiger partial charge in [0.05, 0.1) is 10.6 Å². The second kappa shape index (κ2) is 10.0. The normalized spacial score (nSPS) is 17.5. The van der Waals surface area contributed by atoms with Gasteiger partial charge in [0.25, 0.3) is 15.9 Å². The molecule has 1 aliphatic heterocycles. The smallest absolute Gasteiger partial charge is 0.262 e. The van der Waals surface area contributed by atoms with Crippen molar-refractivity contribution in [1.29, 1.82) is 0 Å². The summed E-state index contributed by atoms with van der Waals surface area (Å²) in [5.41, 5.74) is 0.108. The summed E-state index contributed by atoms with van der Waals surface area (Å²) < 4.78 is 41.2. The SMILES string of the molecule is CC1CCCCN1CCCNC(=O)c1cccc(S(=O)(=O)Nc2ccccc2F)c1. The predicted octanol–water partition coefficient (Wildman–Crippen LogP) is 3.62. The summed E-state index contributed by atoms with van der Waals surface area (Å²) in [6, 6.07) is 11.8. The van der Waals surface area contributed by atoms with Gasteiger partial charge in [-0.3, -0.25) is 9.52 Å². The number of rotatable bonds is 8. The summed E-state index contributed by atoms with van der Waals surface area (Å²) in [5.74, 6) is -0.998. The molecule has 0 bridgehead atoms. The summed E-state index contributed by atoms with van der Waals surface area (Å²) in [5, 5.41) is 2.85. The second-order valence-electron chi connectivity index (χ2n) is 7.60. The van der Waals surface area contributed by atoms with Crippen molar-refractivity contribution in [3.8, 4) is 0 Å². The molecule has 0 spiro atoms. The quantitative estimate of drug-likeness (QED) is 0.624. The van der Waals surface area contributed by atoms with Crippen LogP contribution in [0.4, 0.5) is 10.1 Å². The van der Waals surface area contributed by atoms with Crippen molar-refractivity contribution in [3.63, 3.8) is 0 Å². The monoisotopic (exact) mass is 433 g/mol. The number of nitrogens with zero attached hydrogens (tertiary/aromatic N) is 1. The van der Waals surface area contributed by atoms with Crippen LogP contribution in [0.15, 0.2) is 53.4 Å². The minimum Gasteiger partial charge on any atom is -0.352 e. The standard InChI is InChI=1S/C22H28FN3O3S/c1-17-8-4-5-14-26(17)15-7-13-24-22(27)18-9-6-10-19(16-18)30(28,29)25-21-12-3-2-11-20(21)23/h2-3,6,9-12,16-17,25H,4-5,7-8,13-15H2,1H3,(H,24,27). The topological polar surface area (TPSA) is 78.5 Å². The van der Waals surface area contributed by atoms with Gasteiger partial charge in [-0.25, -0.2) is 12.8 Å². The van der Waals surface area contributed by atoms with Gasteiger partial charge in [0.2, 0.25) is 0 Å². The Morgan fingerprint density at radius 1 is 1.17 bits per heavy atom. The van der Waals surface area contributed by atoms with Crippen molar-refractivity contribution in [2.24, 2.45) is 0 Å². The Morgan fingerprint density at radius 2 is 1.97 bits per heavy atom. The zero-order chi connectivity index (χ0) is 21.6. The summed E-state index contributed by atoms with van der Waals surface area (Å²) in [6.45, 7) is 4.79. The third-order valence-electron chi connectivity index (χ3n) is 5.37. The molecule has 0 aliphatic carbocycles. The van der Waals surface area contributed by atoms with E-state index in [1.54, 1.807) is 6.07 Å². The van der Waals surface area contributed by atoms with E-state index in [9.17, 15) is 17.6 Å². The van der Waals surface area contributed by atoms with Crippen LogP contribution >= 0.6 is 0 Å². The van der Waals surface area contributed by atoms with Crippen LogP contribution in [0.3, 0.4) is 0 Å². The molecule has 2 aromatic rings. The van der Waals surface area contributed by atoms with E-state index in [1.807, 2.05) is 0 Å². The van der Waals surface area contributed by atoms with Crippen molar-refractivity contribution in [1.82, 2.24) is 10.2 Å². The maximum atomic E-state index is 13.8. The van der Waals surface area contributed by atoms with E-state index in [2.05, 4.69) is 21.9 Å². The molecule has 2 aromatic carbocycles. The second-order valence-corrected chi connectivity index (χ2v) is 9.29. The average molecular weight is 434 g/mol. The van der Waals surface area contributed by atoms with Crippen LogP contribution in [-0.2, 0) is 10.0 Å². The van der Waals surface area contributed by atoms with E-state index in [4.69, 9.17) is 0 Å². The number of hydrogen-bond acceptors (Lipinski definition) is 4. The molecule has 1 amide bonds. The van der Waals surface area contributed by atoms with Gasteiger partial charge in [0, 0.05) is 24.7 Å². The highest BCUT2D eigenvalue weighted by Gasteiger charge is 2.19. The highest BCUT2D eigenvalue weighted by Crippen LogP contribution is 2.20. The number of hydrogen-bond donors (Lipinski definition) is 2. The molecule has 0 aromatic heterocycles. The number of anilines is 1. The minimum absolute atomic E-state index is 0.0967. The lowest BCUT2D eigenvalue weighted by Gasteiger charge is -2.33. The summed E-state index contributed by atoms with van der Waals surface area (Å²) in [4.78, 5) is 14.8. The molecular weight excluding hydrogens is 405 g/mol. The Kier molecular flexibility index (Phi) is 7.44. The molecule has 1 fully saturated rings. The fraction of sp³-hybridized carbons (Fsp3) is 0.409. The molecule has 6 nitrogen and oxygen atoms in total. The number of halogens is 1. The Hall–Kier alpha value is -2.45. The number of amides is 1. The third-order valence-corrected chi connectivity index (χ3v) is 6.74. The molecule has 162 valence electrons. The molecule has 1 saturated heterocycles. The number of carbonyl (C=O) groups excluding carboxylic acids is 1. The van der Waals surface area contributed by atoms with Crippen LogP contribution < -0.4 is 10.0 Å². The largest absolute Gasteiger partial charge is 0.352 e. The number of sulfonamides is 1. The number of likely N-dealkylation sites (tertiary alicyclic amines) is 1. The number of nitrogens with one attached hydrogen (secondary N) is 2. The maximum Gasteiger partial charge on any atom is 0.262 e. The molecule has 8 heteroatoms. The van der Waals surface area contributed by atoms with Crippen LogP contribution in [0.25, 0.3) is 0 Å². The number of benzene rings is 2. The summed E-state index contributed by atoms with van der Waals surface area (Å²) in [7, 11) is -4.01. The lowest BCUT2D eigenvalue weighted by molar-refractivity contribution is 0.0948. The van der Waals surface area contributed by atoms with Crippen LogP contribution in [0.1, 0.15) is 43.0 Å². The fourth-order valence-corrected chi connectivity index (χ4v) is 4.74. The van der Waals surface area contributed by atoms with Crippen molar-refractivity contribution in [3.05, 3.63) is 59.9 Å². The van der Waals surface area contributed by atoms with Gasteiger partial charge in [0.1, 0.15) is 5.82 Å². The van der Waals surface area contributed by atoms with Crippen molar-refractivity contribution in [2.75, 3.05) is 24.4 Å². The molecule has 0 radical (unpaired) electrons. The van der Waals surface area contributed by atoms with E-state index in [1.165, 1.54) is 61.7 Å². The van der Waals surface area contributed by atoms with Gasteiger partial charge >= 0.3 is 0 Å². The molecule has 1 unspecified atom stereocenters. The molecule has 30 heavy (non-hydrogen) atoms. The molecule has 0 saturated carbocycles. The van der Waals surface area contributed by atoms with Crippen LogP contribution in [0.2, 0.25) is 0 Å². The lowest BCUT2D eigenvalue weighted by Crippen LogP contribution is -2.39. The van der Waals surface area contributed by atoms with Crippen LogP contribution in [0, 0.1) is 5.82 Å². The molecule has 1 atom stereocenters. The Bertz CT molecular complexity index is 981. The van der Waals surface area contributed by atoms with Crippen molar-refractivity contribution in [2.45, 2.75) is 43.5 Å². The van der Waals surface area contributed by atoms with Crippen molar-refractivity contribution >= 4 is 21.6 Å². The fourth-order valence-electron chi connectivity index (χ4n) is 3.63. The van der Waals surface area contributed by atoms with E-state index in [0.717, 1.165) is 19.5 Å². The highest BCUT2D eigenvalue weighted by atomic mass is 32.2. The van der Waals surface area contributed by atoms with E-state index in [0.29, 0.717) is 12.6 Å². The van der Waals surface area contributed by atoms with Gasteiger partial charge in [-0.15, -0.1) is 0 Å². The molecule has 1 heterocycles. The van der Waals surface area contributed by atoms with Gasteiger partial charge in [0.15, 0.2) is 0 Å². The van der Waals surface area contributed by atoms with Crippen LogP contribution in [0.5, 0.6) is 0 Å². The highest BCUT2D eigenvalue weighted by molar-refractivity contribution is 7.92. The van der Waals surface area contributed by atoms with E-state index in [-0.39, 0.29) is 22.1 Å². The number of piperidine rings is 1. The number of carbonyl (C=O) groups is 1. The van der Waals surface area contributed by atoms with Gasteiger partial charge < -0.3 is 10.2 Å². The molecule has 2 N–H and O–H groups in total.